The minimum Gasteiger partial charge on any atom is -0.485 e. The van der Waals surface area contributed by atoms with E-state index in [0.717, 1.165) is 25.9 Å². The van der Waals surface area contributed by atoms with E-state index in [0.29, 0.717) is 11.4 Å². The maximum Gasteiger partial charge on any atom is 0.321 e. The molecule has 1 aliphatic heterocycles. The number of oxime groups is 1. The number of hydrogen-bond donors (Lipinski definition) is 3. The first-order valence-electron chi connectivity index (χ1n) is 6.94. The number of nitrogens with one attached hydrogen (secondary N) is 1. The largest absolute Gasteiger partial charge is 0.485 e. The Morgan fingerprint density at radius 2 is 2.14 bits per heavy atom. The van der Waals surface area contributed by atoms with Crippen molar-refractivity contribution in [2.45, 2.75) is 19.3 Å². The first-order chi connectivity index (χ1) is 10.2. The fourth-order valence-corrected chi connectivity index (χ4v) is 2.15. The highest BCUT2D eigenvalue weighted by atomic mass is 16.5. The highest BCUT2D eigenvalue weighted by molar-refractivity contribution is 5.89. The third kappa shape index (κ3) is 4.55. The summed E-state index contributed by atoms with van der Waals surface area (Å²) in [5.74, 6) is 0.524. The first kappa shape index (κ1) is 15.0. The molecule has 0 spiro atoms. The number of anilines is 1. The van der Waals surface area contributed by atoms with Crippen LogP contribution < -0.4 is 15.8 Å². The minimum atomic E-state index is -0.0942. The van der Waals surface area contributed by atoms with Gasteiger partial charge in [-0.1, -0.05) is 11.2 Å². The monoisotopic (exact) mass is 292 g/mol. The fraction of sp³-hybridized carbons (Fsp3) is 0.429. The van der Waals surface area contributed by atoms with Gasteiger partial charge in [0.25, 0.3) is 0 Å². The summed E-state index contributed by atoms with van der Waals surface area (Å²) < 4.78 is 5.35. The van der Waals surface area contributed by atoms with Crippen molar-refractivity contribution < 1.29 is 14.7 Å². The summed E-state index contributed by atoms with van der Waals surface area (Å²) in [6.07, 6.45) is 3.29. The molecule has 21 heavy (non-hydrogen) atoms. The zero-order chi connectivity index (χ0) is 15.1. The summed E-state index contributed by atoms with van der Waals surface area (Å²) in [4.78, 5) is 13.9. The van der Waals surface area contributed by atoms with E-state index in [1.54, 1.807) is 24.3 Å². The lowest BCUT2D eigenvalue weighted by molar-refractivity contribution is 0.200. The number of carbonyl (C=O) groups excluding carboxylic acids is 1. The van der Waals surface area contributed by atoms with Crippen LogP contribution in [0.2, 0.25) is 0 Å². The predicted octanol–water partition coefficient (Wildman–Crippen LogP) is 1.83. The molecule has 0 bridgehead atoms. The minimum absolute atomic E-state index is 0.0139. The van der Waals surface area contributed by atoms with Crippen molar-refractivity contribution in [3.63, 3.8) is 0 Å². The molecule has 7 heteroatoms. The second kappa shape index (κ2) is 7.37. The van der Waals surface area contributed by atoms with Crippen molar-refractivity contribution in [2.75, 3.05) is 25.0 Å². The van der Waals surface area contributed by atoms with Gasteiger partial charge in [0.2, 0.25) is 0 Å². The molecule has 2 rings (SSSR count). The summed E-state index contributed by atoms with van der Waals surface area (Å²) in [6.45, 7) is 1.58. The summed E-state index contributed by atoms with van der Waals surface area (Å²) in [5.41, 5.74) is 5.99. The normalized spacial score (nSPS) is 15.6. The van der Waals surface area contributed by atoms with Crippen LogP contribution in [0.3, 0.4) is 0 Å². The van der Waals surface area contributed by atoms with Crippen LogP contribution >= 0.6 is 0 Å². The lowest BCUT2D eigenvalue weighted by Crippen LogP contribution is -2.38. The molecular weight excluding hydrogens is 272 g/mol. The van der Waals surface area contributed by atoms with Gasteiger partial charge in [-0.15, -0.1) is 0 Å². The van der Waals surface area contributed by atoms with Crippen LogP contribution in [0.1, 0.15) is 19.3 Å². The third-order valence-corrected chi connectivity index (χ3v) is 3.24. The molecule has 0 aromatic heterocycles. The number of nitrogens with two attached hydrogens (primary N) is 1. The Morgan fingerprint density at radius 1 is 1.38 bits per heavy atom. The molecule has 4 N–H and O–H groups in total. The SMILES string of the molecule is NC(COc1cccc(NC(=O)N2CCCCC2)c1)=NO. The summed E-state index contributed by atoms with van der Waals surface area (Å²) >= 11 is 0. The number of nitrogens with zero attached hydrogens (tertiary/aromatic N) is 2. The average molecular weight is 292 g/mol. The zero-order valence-electron chi connectivity index (χ0n) is 11.8. The molecule has 1 saturated heterocycles. The van der Waals surface area contributed by atoms with Crippen molar-refractivity contribution in [3.8, 4) is 5.75 Å². The molecule has 0 unspecified atom stereocenters. The molecule has 1 aliphatic rings. The van der Waals surface area contributed by atoms with Gasteiger partial charge in [-0.2, -0.15) is 0 Å². The lowest BCUT2D eigenvalue weighted by Gasteiger charge is -2.26. The van der Waals surface area contributed by atoms with Gasteiger partial charge in [-0.3, -0.25) is 0 Å². The Bertz CT molecular complexity index is 513. The van der Waals surface area contributed by atoms with E-state index in [-0.39, 0.29) is 18.5 Å². The van der Waals surface area contributed by atoms with Crippen molar-refractivity contribution in [2.24, 2.45) is 10.9 Å². The molecular formula is C14H20N4O3. The topological polar surface area (TPSA) is 100 Å². The number of likely N-dealkylation sites (tertiary alicyclic amines) is 1. The molecule has 2 amide bonds. The number of ether oxygens (including phenoxy) is 1. The molecule has 7 nitrogen and oxygen atoms in total. The van der Waals surface area contributed by atoms with Crippen molar-refractivity contribution in [3.05, 3.63) is 24.3 Å². The third-order valence-electron chi connectivity index (χ3n) is 3.24. The fourth-order valence-electron chi connectivity index (χ4n) is 2.15. The second-order valence-electron chi connectivity index (χ2n) is 4.89. The molecule has 1 aromatic carbocycles. The zero-order valence-corrected chi connectivity index (χ0v) is 11.8. The number of benzene rings is 1. The standard InChI is InChI=1S/C14H20N4O3/c15-13(17-20)10-21-12-6-4-5-11(9-12)16-14(19)18-7-2-1-3-8-18/h4-6,9,20H,1-3,7-8,10H2,(H2,15,17)(H,16,19). The predicted molar refractivity (Wildman–Crippen MR) is 79.8 cm³/mol. The van der Waals surface area contributed by atoms with Crippen LogP contribution in [0.4, 0.5) is 10.5 Å². The molecule has 1 aromatic rings. The number of piperidine rings is 1. The molecule has 0 atom stereocenters. The van der Waals surface area contributed by atoms with E-state index >= 15 is 0 Å². The van der Waals surface area contributed by atoms with Gasteiger partial charge in [0, 0.05) is 24.8 Å². The van der Waals surface area contributed by atoms with Gasteiger partial charge in [-0.25, -0.2) is 4.79 Å². The molecule has 0 radical (unpaired) electrons. The van der Waals surface area contributed by atoms with Gasteiger partial charge in [-0.05, 0) is 31.4 Å². The quantitative estimate of drug-likeness (QED) is 0.341. The second-order valence-corrected chi connectivity index (χ2v) is 4.89. The smallest absolute Gasteiger partial charge is 0.321 e. The molecule has 114 valence electrons. The van der Waals surface area contributed by atoms with Gasteiger partial charge >= 0.3 is 6.03 Å². The van der Waals surface area contributed by atoms with Crippen LogP contribution in [0.25, 0.3) is 0 Å². The number of amidine groups is 1. The van der Waals surface area contributed by atoms with Crippen molar-refractivity contribution >= 4 is 17.6 Å². The Kier molecular flexibility index (Phi) is 5.25. The Balaban J connectivity index is 1.92. The van der Waals surface area contributed by atoms with Crippen molar-refractivity contribution in [1.29, 1.82) is 0 Å². The van der Waals surface area contributed by atoms with Crippen LogP contribution in [-0.2, 0) is 0 Å². The molecule has 0 aliphatic carbocycles. The van der Waals surface area contributed by atoms with Crippen LogP contribution in [0.15, 0.2) is 29.4 Å². The molecule has 0 saturated carbocycles. The molecule has 1 heterocycles. The summed E-state index contributed by atoms with van der Waals surface area (Å²) in [7, 11) is 0. The number of carbonyl (C=O) groups is 1. The first-order valence-corrected chi connectivity index (χ1v) is 6.94. The van der Waals surface area contributed by atoms with E-state index in [1.807, 2.05) is 4.90 Å². The van der Waals surface area contributed by atoms with E-state index in [2.05, 4.69) is 10.5 Å². The Hall–Kier alpha value is -2.44. The number of urea groups is 1. The van der Waals surface area contributed by atoms with E-state index in [9.17, 15) is 4.79 Å². The van der Waals surface area contributed by atoms with E-state index in [1.165, 1.54) is 6.42 Å². The lowest BCUT2D eigenvalue weighted by atomic mass is 10.1. The maximum absolute atomic E-state index is 12.1. The van der Waals surface area contributed by atoms with E-state index < -0.39 is 0 Å². The molecule has 1 fully saturated rings. The van der Waals surface area contributed by atoms with Crippen LogP contribution in [0.5, 0.6) is 5.75 Å². The Labute approximate surface area is 123 Å². The van der Waals surface area contributed by atoms with E-state index in [4.69, 9.17) is 15.7 Å². The number of rotatable bonds is 4. The van der Waals surface area contributed by atoms with Crippen LogP contribution in [0, 0.1) is 0 Å². The Morgan fingerprint density at radius 3 is 2.86 bits per heavy atom. The van der Waals surface area contributed by atoms with Gasteiger partial charge in [0.1, 0.15) is 12.4 Å². The summed E-state index contributed by atoms with van der Waals surface area (Å²) in [6, 6.07) is 6.91. The average Bonchev–Trinajstić information content (AvgIpc) is 2.53. The van der Waals surface area contributed by atoms with Crippen molar-refractivity contribution in [1.82, 2.24) is 4.90 Å². The van der Waals surface area contributed by atoms with Gasteiger partial charge in [0.15, 0.2) is 5.84 Å². The summed E-state index contributed by atoms with van der Waals surface area (Å²) in [5, 5.41) is 14.1. The van der Waals surface area contributed by atoms with Gasteiger partial charge in [0.05, 0.1) is 0 Å². The number of amides is 2. The number of hydrogen-bond acceptors (Lipinski definition) is 4. The maximum atomic E-state index is 12.1. The van der Waals surface area contributed by atoms with Gasteiger partial charge < -0.3 is 25.9 Å². The highest BCUT2D eigenvalue weighted by Gasteiger charge is 2.16. The highest BCUT2D eigenvalue weighted by Crippen LogP contribution is 2.18. The van der Waals surface area contributed by atoms with Crippen LogP contribution in [-0.4, -0.2) is 41.7 Å².